The minimum atomic E-state index is -0.591. The number of nitrogens with zero attached hydrogens (tertiary/aromatic N) is 2. The first-order chi connectivity index (χ1) is 15.0. The van der Waals surface area contributed by atoms with Gasteiger partial charge in [-0.25, -0.2) is 9.38 Å². The first-order valence-electron chi connectivity index (χ1n) is 9.96. The molecular weight excluding hydrogens is 417 g/mol. The van der Waals surface area contributed by atoms with E-state index in [9.17, 15) is 14.0 Å². The lowest BCUT2D eigenvalue weighted by atomic mass is 10.2. The lowest BCUT2D eigenvalue weighted by molar-refractivity contribution is -0.127. The van der Waals surface area contributed by atoms with E-state index in [0.717, 1.165) is 12.2 Å². The van der Waals surface area contributed by atoms with Crippen LogP contribution in [-0.2, 0) is 9.59 Å². The number of hydrogen-bond donors (Lipinski definition) is 1. The normalized spacial score (nSPS) is 17.1. The van der Waals surface area contributed by atoms with E-state index in [1.807, 2.05) is 6.92 Å². The summed E-state index contributed by atoms with van der Waals surface area (Å²) in [5.74, 6) is -0.0940. The van der Waals surface area contributed by atoms with Gasteiger partial charge < -0.3 is 10.1 Å². The zero-order chi connectivity index (χ0) is 22.2. The molecule has 2 aromatic carbocycles. The summed E-state index contributed by atoms with van der Waals surface area (Å²) in [6.07, 6.45) is 2.53. The molecule has 8 heteroatoms. The van der Waals surface area contributed by atoms with Gasteiger partial charge in [-0.15, -0.1) is 6.58 Å². The Labute approximate surface area is 185 Å². The Hall–Kier alpha value is -3.13. The van der Waals surface area contributed by atoms with Crippen LogP contribution < -0.4 is 10.1 Å². The lowest BCUT2D eigenvalue weighted by Gasteiger charge is -2.13. The Morgan fingerprint density at radius 3 is 2.61 bits per heavy atom. The number of benzene rings is 2. The van der Waals surface area contributed by atoms with Crippen LogP contribution in [-0.4, -0.2) is 40.3 Å². The standard InChI is InChI=1S/C23H24FN3O3S/c1-3-13-27-22(29)20(31-23(27)26-18-7-5-16(24)6-8-18)15-21(28)25-17-9-11-19(12-10-17)30-14-4-2/h3,5-12,20H,1,4,13-15H2,2H3,(H,25,28)/t20-/m1/s1. The van der Waals surface area contributed by atoms with Crippen molar-refractivity contribution in [1.29, 1.82) is 0 Å². The molecular formula is C23H24FN3O3S. The van der Waals surface area contributed by atoms with Gasteiger partial charge in [-0.1, -0.05) is 24.8 Å². The molecule has 0 spiro atoms. The fourth-order valence-corrected chi connectivity index (χ4v) is 4.05. The topological polar surface area (TPSA) is 71.0 Å². The minimum absolute atomic E-state index is 0.00761. The van der Waals surface area contributed by atoms with Crippen molar-refractivity contribution in [3.63, 3.8) is 0 Å². The second-order valence-electron chi connectivity index (χ2n) is 6.84. The molecule has 6 nitrogen and oxygen atoms in total. The average Bonchev–Trinajstić information content (AvgIpc) is 3.04. The molecule has 0 aromatic heterocycles. The second kappa shape index (κ2) is 10.8. The van der Waals surface area contributed by atoms with Crippen molar-refractivity contribution in [2.45, 2.75) is 25.0 Å². The number of amidine groups is 1. The molecule has 1 aliphatic rings. The van der Waals surface area contributed by atoms with Gasteiger partial charge in [0.1, 0.15) is 16.8 Å². The van der Waals surface area contributed by atoms with Crippen molar-refractivity contribution in [3.05, 3.63) is 67.0 Å². The minimum Gasteiger partial charge on any atom is -0.494 e. The molecule has 0 radical (unpaired) electrons. The average molecular weight is 442 g/mol. The number of halogens is 1. The maximum Gasteiger partial charge on any atom is 0.242 e. The Bertz CT molecular complexity index is 961. The Kier molecular flexibility index (Phi) is 7.83. The van der Waals surface area contributed by atoms with Gasteiger partial charge in [-0.2, -0.15) is 0 Å². The number of carbonyl (C=O) groups is 2. The largest absolute Gasteiger partial charge is 0.494 e. The highest BCUT2D eigenvalue weighted by Crippen LogP contribution is 2.32. The first kappa shape index (κ1) is 22.6. The maximum absolute atomic E-state index is 13.1. The molecule has 1 atom stereocenters. The van der Waals surface area contributed by atoms with E-state index in [2.05, 4.69) is 16.9 Å². The molecule has 162 valence electrons. The van der Waals surface area contributed by atoms with E-state index in [0.29, 0.717) is 23.1 Å². The van der Waals surface area contributed by atoms with Crippen molar-refractivity contribution >= 4 is 40.1 Å². The molecule has 2 aromatic rings. The molecule has 1 N–H and O–H groups in total. The van der Waals surface area contributed by atoms with Crippen molar-refractivity contribution in [1.82, 2.24) is 4.90 Å². The third-order valence-electron chi connectivity index (χ3n) is 4.36. The van der Waals surface area contributed by atoms with Crippen LogP contribution in [0.2, 0.25) is 0 Å². The number of anilines is 1. The van der Waals surface area contributed by atoms with Crippen LogP contribution in [0.5, 0.6) is 5.75 Å². The fraction of sp³-hybridized carbons (Fsp3) is 0.261. The number of rotatable bonds is 9. The Morgan fingerprint density at radius 2 is 1.97 bits per heavy atom. The highest BCUT2D eigenvalue weighted by Gasteiger charge is 2.38. The molecule has 0 bridgehead atoms. The number of amides is 2. The number of aliphatic imine (C=N–C) groups is 1. The van der Waals surface area contributed by atoms with Crippen LogP contribution >= 0.6 is 11.8 Å². The van der Waals surface area contributed by atoms with E-state index < -0.39 is 5.25 Å². The van der Waals surface area contributed by atoms with Gasteiger partial charge in [-0.05, 0) is 55.0 Å². The van der Waals surface area contributed by atoms with Crippen LogP contribution in [0.25, 0.3) is 0 Å². The summed E-state index contributed by atoms with van der Waals surface area (Å²) in [7, 11) is 0. The first-order valence-corrected chi connectivity index (χ1v) is 10.8. The van der Waals surface area contributed by atoms with Gasteiger partial charge in [0.15, 0.2) is 5.17 Å². The molecule has 3 rings (SSSR count). The van der Waals surface area contributed by atoms with Gasteiger partial charge in [-0.3, -0.25) is 14.5 Å². The highest BCUT2D eigenvalue weighted by atomic mass is 32.2. The summed E-state index contributed by atoms with van der Waals surface area (Å²) >= 11 is 1.22. The highest BCUT2D eigenvalue weighted by molar-refractivity contribution is 8.15. The summed E-state index contributed by atoms with van der Waals surface area (Å²) in [6, 6.07) is 12.8. The van der Waals surface area contributed by atoms with Crippen LogP contribution in [0.4, 0.5) is 15.8 Å². The van der Waals surface area contributed by atoms with E-state index in [1.165, 1.54) is 40.9 Å². The molecule has 31 heavy (non-hydrogen) atoms. The predicted octanol–water partition coefficient (Wildman–Crippen LogP) is 4.76. The maximum atomic E-state index is 13.1. The van der Waals surface area contributed by atoms with Crippen LogP contribution in [0.15, 0.2) is 66.2 Å². The SMILES string of the molecule is C=CCN1C(=O)[C@@H](CC(=O)Nc2ccc(OCCC)cc2)SC1=Nc1ccc(F)cc1. The Morgan fingerprint density at radius 1 is 1.26 bits per heavy atom. The third kappa shape index (κ3) is 6.18. The summed E-state index contributed by atoms with van der Waals surface area (Å²) in [6.45, 7) is 6.63. The fourth-order valence-electron chi connectivity index (χ4n) is 2.88. The number of carbonyl (C=O) groups excluding carboxylic acids is 2. The van der Waals surface area contributed by atoms with Crippen LogP contribution in [0, 0.1) is 5.82 Å². The van der Waals surface area contributed by atoms with Gasteiger partial charge in [0, 0.05) is 18.7 Å². The lowest BCUT2D eigenvalue weighted by Crippen LogP contribution is -2.33. The van der Waals surface area contributed by atoms with Gasteiger partial charge in [0.2, 0.25) is 11.8 Å². The zero-order valence-electron chi connectivity index (χ0n) is 17.2. The van der Waals surface area contributed by atoms with E-state index >= 15 is 0 Å². The molecule has 0 unspecified atom stereocenters. The molecule has 0 aliphatic carbocycles. The Balaban J connectivity index is 1.65. The summed E-state index contributed by atoms with van der Waals surface area (Å²) in [5.41, 5.74) is 1.16. The van der Waals surface area contributed by atoms with Crippen LogP contribution in [0.3, 0.4) is 0 Å². The number of thioether (sulfide) groups is 1. The zero-order valence-corrected chi connectivity index (χ0v) is 18.0. The monoisotopic (exact) mass is 441 g/mol. The molecule has 1 aliphatic heterocycles. The molecule has 1 heterocycles. The second-order valence-corrected chi connectivity index (χ2v) is 8.01. The summed E-state index contributed by atoms with van der Waals surface area (Å²) in [4.78, 5) is 31.2. The third-order valence-corrected chi connectivity index (χ3v) is 5.54. The van der Waals surface area contributed by atoms with Crippen molar-refractivity contribution < 1.29 is 18.7 Å². The van der Waals surface area contributed by atoms with E-state index in [4.69, 9.17) is 4.74 Å². The predicted molar refractivity (Wildman–Crippen MR) is 122 cm³/mol. The molecule has 1 saturated heterocycles. The molecule has 1 fully saturated rings. The number of ether oxygens (including phenoxy) is 1. The van der Waals surface area contributed by atoms with Crippen molar-refractivity contribution in [3.8, 4) is 5.75 Å². The van der Waals surface area contributed by atoms with E-state index in [1.54, 1.807) is 30.3 Å². The van der Waals surface area contributed by atoms with Crippen molar-refractivity contribution in [2.75, 3.05) is 18.5 Å². The number of nitrogens with one attached hydrogen (secondary N) is 1. The summed E-state index contributed by atoms with van der Waals surface area (Å²) in [5, 5.41) is 2.68. The van der Waals surface area contributed by atoms with Gasteiger partial charge in [0.25, 0.3) is 0 Å². The van der Waals surface area contributed by atoms with E-state index in [-0.39, 0.29) is 30.6 Å². The molecule has 2 amide bonds. The molecule has 0 saturated carbocycles. The number of hydrogen-bond acceptors (Lipinski definition) is 5. The van der Waals surface area contributed by atoms with Crippen LogP contribution in [0.1, 0.15) is 19.8 Å². The smallest absolute Gasteiger partial charge is 0.242 e. The van der Waals surface area contributed by atoms with Gasteiger partial charge in [0.05, 0.1) is 12.3 Å². The quantitative estimate of drug-likeness (QED) is 0.570. The van der Waals surface area contributed by atoms with Crippen molar-refractivity contribution in [2.24, 2.45) is 4.99 Å². The van der Waals surface area contributed by atoms with Gasteiger partial charge >= 0.3 is 0 Å². The summed E-state index contributed by atoms with van der Waals surface area (Å²) < 4.78 is 18.7.